The molecular formula is C36H43N4O8S. The highest BCUT2D eigenvalue weighted by atomic mass is 32.2. The molecule has 4 amide bonds. The largest absolute Gasteiger partial charge is 0.443 e. The molecule has 0 aliphatic carbocycles. The van der Waals surface area contributed by atoms with Gasteiger partial charge in [0.2, 0.25) is 11.8 Å². The molecule has 1 unspecified atom stereocenters. The number of nitrogens with one attached hydrogen (secondary N) is 3. The standard InChI is InChI=1S/C36H43N4O8S/c1-24(18-19-25-13-7-5-8-14-25)32(41)40-33(42)30-29(48-30)22-28(21-26-15-9-6-10-16-26)38-34(43)31(36(2,3)49(4,45)46)39-35(44)47-23-27-17-11-12-20-37-27/h5-17,19-20,24,28-31H,18,21-23H2,1-4H3,(H,38,43)(H,39,44)(H,40,41,42)/t24-,28-,29?,30-,31+/m0/s1. The van der Waals surface area contributed by atoms with Gasteiger partial charge in [-0.1, -0.05) is 73.7 Å². The van der Waals surface area contributed by atoms with Crippen LogP contribution in [0, 0.1) is 12.3 Å². The number of benzene rings is 2. The zero-order valence-corrected chi connectivity index (χ0v) is 28.8. The second-order valence-corrected chi connectivity index (χ2v) is 15.3. The van der Waals surface area contributed by atoms with Gasteiger partial charge >= 0.3 is 6.09 Å². The SMILES string of the molecule is C[C@@H](C[CH]c1ccccc1)C(=O)NC(=O)[C@H]1OC1C[C@H](Cc1ccccc1)NC(=O)[C@@H](NC(=O)OCc1ccccn1)C(C)(C)S(C)(=O)=O. The van der Waals surface area contributed by atoms with Gasteiger partial charge in [0, 0.05) is 24.4 Å². The van der Waals surface area contributed by atoms with E-state index >= 15 is 0 Å². The molecule has 3 aromatic rings. The number of amides is 4. The van der Waals surface area contributed by atoms with Gasteiger partial charge in [-0.05, 0) is 62.8 Å². The van der Waals surface area contributed by atoms with Crippen LogP contribution in [0.3, 0.4) is 0 Å². The van der Waals surface area contributed by atoms with Gasteiger partial charge in [0.05, 0.1) is 16.5 Å². The van der Waals surface area contributed by atoms with E-state index in [0.717, 1.165) is 17.4 Å². The third-order valence-electron chi connectivity index (χ3n) is 8.48. The molecule has 49 heavy (non-hydrogen) atoms. The van der Waals surface area contributed by atoms with Gasteiger partial charge in [0.15, 0.2) is 15.9 Å². The Hall–Kier alpha value is -4.62. The molecule has 2 aromatic carbocycles. The zero-order valence-electron chi connectivity index (χ0n) is 28.0. The number of carbonyl (C=O) groups is 4. The molecule has 13 heteroatoms. The molecule has 1 aliphatic heterocycles. The van der Waals surface area contributed by atoms with Crippen molar-refractivity contribution >= 4 is 33.7 Å². The number of nitrogens with zero attached hydrogens (tertiary/aromatic N) is 1. The second kappa shape index (κ2) is 16.7. The van der Waals surface area contributed by atoms with Gasteiger partial charge in [-0.3, -0.25) is 24.7 Å². The third-order valence-corrected chi connectivity index (χ3v) is 10.6. The van der Waals surface area contributed by atoms with E-state index in [1.165, 1.54) is 20.0 Å². The molecule has 0 spiro atoms. The average molecular weight is 692 g/mol. The number of pyridine rings is 1. The second-order valence-electron chi connectivity index (χ2n) is 12.7. The molecule has 1 saturated heterocycles. The van der Waals surface area contributed by atoms with Crippen LogP contribution in [0.15, 0.2) is 85.1 Å². The molecular weight excluding hydrogens is 648 g/mol. The molecule has 3 N–H and O–H groups in total. The lowest BCUT2D eigenvalue weighted by Crippen LogP contribution is -2.61. The summed E-state index contributed by atoms with van der Waals surface area (Å²) < 4.78 is 34.8. The van der Waals surface area contributed by atoms with Gasteiger partial charge in [0.1, 0.15) is 12.6 Å². The normalized spacial score (nSPS) is 17.6. The summed E-state index contributed by atoms with van der Waals surface area (Å²) in [5.74, 6) is -2.21. The maximum absolute atomic E-state index is 13.8. The summed E-state index contributed by atoms with van der Waals surface area (Å²) in [5, 5.41) is 7.74. The van der Waals surface area contributed by atoms with Crippen LogP contribution in [0.4, 0.5) is 4.79 Å². The van der Waals surface area contributed by atoms with E-state index in [2.05, 4.69) is 20.9 Å². The van der Waals surface area contributed by atoms with Crippen molar-refractivity contribution in [3.05, 3.63) is 108 Å². The molecule has 1 fully saturated rings. The van der Waals surface area contributed by atoms with Crippen molar-refractivity contribution in [3.63, 3.8) is 0 Å². The Balaban J connectivity index is 1.41. The fraction of sp³-hybridized carbons (Fsp3) is 0.389. The van der Waals surface area contributed by atoms with Crippen molar-refractivity contribution in [1.82, 2.24) is 20.9 Å². The lowest BCUT2D eigenvalue weighted by molar-refractivity contribution is -0.133. The first-order valence-electron chi connectivity index (χ1n) is 16.0. The van der Waals surface area contributed by atoms with Crippen LogP contribution in [-0.4, -0.2) is 72.5 Å². The molecule has 0 bridgehead atoms. The Bertz CT molecular complexity index is 1690. The molecule has 5 atom stereocenters. The summed E-state index contributed by atoms with van der Waals surface area (Å²) in [6, 6.07) is 21.8. The van der Waals surface area contributed by atoms with Crippen molar-refractivity contribution < 1.29 is 37.1 Å². The summed E-state index contributed by atoms with van der Waals surface area (Å²) in [7, 11) is -3.88. The van der Waals surface area contributed by atoms with Crippen LogP contribution in [0.2, 0.25) is 0 Å². The van der Waals surface area contributed by atoms with Crippen molar-refractivity contribution in [2.75, 3.05) is 6.26 Å². The van der Waals surface area contributed by atoms with E-state index in [-0.39, 0.29) is 13.0 Å². The lowest BCUT2D eigenvalue weighted by atomic mass is 9.97. The molecule has 0 saturated carbocycles. The number of epoxide rings is 1. The Morgan fingerprint density at radius 2 is 1.59 bits per heavy atom. The molecule has 261 valence electrons. The number of ether oxygens (including phenoxy) is 2. The number of rotatable bonds is 16. The van der Waals surface area contributed by atoms with Gasteiger partial charge in [-0.15, -0.1) is 0 Å². The lowest BCUT2D eigenvalue weighted by Gasteiger charge is -2.33. The van der Waals surface area contributed by atoms with Crippen LogP contribution in [0.25, 0.3) is 0 Å². The number of hydrogen-bond donors (Lipinski definition) is 3. The minimum absolute atomic E-state index is 0.181. The van der Waals surface area contributed by atoms with E-state index in [9.17, 15) is 27.6 Å². The summed E-state index contributed by atoms with van der Waals surface area (Å²) in [6.45, 7) is 4.23. The predicted molar refractivity (Wildman–Crippen MR) is 182 cm³/mol. The molecule has 1 aromatic heterocycles. The number of sulfone groups is 1. The van der Waals surface area contributed by atoms with E-state index < -0.39 is 68.6 Å². The number of aromatic nitrogens is 1. The predicted octanol–water partition coefficient (Wildman–Crippen LogP) is 3.31. The first-order chi connectivity index (χ1) is 23.2. The van der Waals surface area contributed by atoms with Crippen LogP contribution in [0.1, 0.15) is 50.4 Å². The third kappa shape index (κ3) is 10.9. The van der Waals surface area contributed by atoms with Crippen LogP contribution < -0.4 is 16.0 Å². The van der Waals surface area contributed by atoms with Crippen molar-refractivity contribution in [2.45, 2.75) is 75.7 Å². The molecule has 4 rings (SSSR count). The zero-order chi connectivity index (χ0) is 35.6. The summed E-state index contributed by atoms with van der Waals surface area (Å²) in [6.07, 6.45) is 2.90. The number of hydrogen-bond acceptors (Lipinski definition) is 9. The van der Waals surface area contributed by atoms with Gasteiger partial charge in [-0.2, -0.15) is 0 Å². The monoisotopic (exact) mass is 691 g/mol. The maximum atomic E-state index is 13.8. The van der Waals surface area contributed by atoms with E-state index in [1.807, 2.05) is 67.1 Å². The quantitative estimate of drug-likeness (QED) is 0.191. The van der Waals surface area contributed by atoms with Gasteiger partial charge in [0.25, 0.3) is 5.91 Å². The first-order valence-corrected chi connectivity index (χ1v) is 17.9. The number of alkyl carbamates (subject to hydrolysis) is 1. The van der Waals surface area contributed by atoms with Crippen molar-refractivity contribution in [2.24, 2.45) is 5.92 Å². The van der Waals surface area contributed by atoms with Crippen molar-refractivity contribution in [3.8, 4) is 0 Å². The van der Waals surface area contributed by atoms with E-state index in [1.54, 1.807) is 25.1 Å². The Labute approximate surface area is 287 Å². The highest BCUT2D eigenvalue weighted by molar-refractivity contribution is 7.92. The number of imide groups is 1. The average Bonchev–Trinajstić information content (AvgIpc) is 3.85. The minimum atomic E-state index is -3.88. The highest BCUT2D eigenvalue weighted by Crippen LogP contribution is 2.29. The van der Waals surface area contributed by atoms with Crippen LogP contribution >= 0.6 is 0 Å². The minimum Gasteiger partial charge on any atom is -0.443 e. The molecule has 1 radical (unpaired) electrons. The van der Waals surface area contributed by atoms with E-state index in [4.69, 9.17) is 9.47 Å². The number of carbonyl (C=O) groups excluding carboxylic acids is 4. The fourth-order valence-electron chi connectivity index (χ4n) is 5.09. The maximum Gasteiger partial charge on any atom is 0.408 e. The Morgan fingerprint density at radius 3 is 2.22 bits per heavy atom. The van der Waals surface area contributed by atoms with Crippen LogP contribution in [0.5, 0.6) is 0 Å². The Morgan fingerprint density at radius 1 is 0.939 bits per heavy atom. The summed E-state index contributed by atoms with van der Waals surface area (Å²) in [4.78, 5) is 56.4. The van der Waals surface area contributed by atoms with Gasteiger partial charge < -0.3 is 20.1 Å². The topological polar surface area (TPSA) is 173 Å². The Kier molecular flexibility index (Phi) is 12.7. The molecule has 1 aliphatic rings. The molecule has 12 nitrogen and oxygen atoms in total. The molecule has 2 heterocycles. The first kappa shape index (κ1) is 37.2. The summed E-state index contributed by atoms with van der Waals surface area (Å²) in [5.41, 5.74) is 2.31. The van der Waals surface area contributed by atoms with Crippen molar-refractivity contribution in [1.29, 1.82) is 0 Å². The fourth-order valence-corrected chi connectivity index (χ4v) is 5.68. The highest BCUT2D eigenvalue weighted by Gasteiger charge is 2.48. The van der Waals surface area contributed by atoms with Gasteiger partial charge in [-0.25, -0.2) is 13.2 Å². The van der Waals surface area contributed by atoms with E-state index in [0.29, 0.717) is 18.5 Å². The summed E-state index contributed by atoms with van der Waals surface area (Å²) >= 11 is 0. The van der Waals surface area contributed by atoms with Crippen LogP contribution in [-0.2, 0) is 46.7 Å². The smallest absolute Gasteiger partial charge is 0.408 e.